The Hall–Kier alpha value is -2.63. The summed E-state index contributed by atoms with van der Waals surface area (Å²) >= 11 is 0. The first-order valence-electron chi connectivity index (χ1n) is 5.14. The van der Waals surface area contributed by atoms with Crippen LogP contribution < -0.4 is 4.74 Å². The van der Waals surface area contributed by atoms with Crippen LogP contribution in [0.1, 0.15) is 11.4 Å². The molecule has 0 amide bonds. The Labute approximate surface area is 103 Å². The van der Waals surface area contributed by atoms with Crippen LogP contribution in [0.15, 0.2) is 41.3 Å². The molecule has 0 radical (unpaired) electrons. The Morgan fingerprint density at radius 3 is 3.00 bits per heavy atom. The number of aliphatic carboxylic acids is 1. The lowest BCUT2D eigenvalue weighted by Gasteiger charge is -2.06. The summed E-state index contributed by atoms with van der Waals surface area (Å²) in [6.45, 7) is 0.161. The van der Waals surface area contributed by atoms with Gasteiger partial charge in [-0.1, -0.05) is 23.4 Å². The normalized spacial score (nSPS) is 10.7. The summed E-state index contributed by atoms with van der Waals surface area (Å²) in [6, 6.07) is 7.08. The van der Waals surface area contributed by atoms with Crippen LogP contribution in [0.5, 0.6) is 5.75 Å². The van der Waals surface area contributed by atoms with Crippen molar-refractivity contribution in [3.05, 3.63) is 48.1 Å². The molecule has 92 valence electrons. The first-order valence-corrected chi connectivity index (χ1v) is 5.14. The van der Waals surface area contributed by atoms with E-state index in [1.165, 1.54) is 12.5 Å². The molecular formula is C12H10N2O4. The maximum atomic E-state index is 10.5. The van der Waals surface area contributed by atoms with E-state index in [0.29, 0.717) is 17.1 Å². The van der Waals surface area contributed by atoms with Crippen LogP contribution in [0.3, 0.4) is 0 Å². The van der Waals surface area contributed by atoms with Crippen molar-refractivity contribution in [2.45, 2.75) is 6.61 Å². The van der Waals surface area contributed by atoms with E-state index in [4.69, 9.17) is 9.84 Å². The molecule has 0 saturated heterocycles. The average Bonchev–Trinajstić information content (AvgIpc) is 2.88. The molecule has 0 unspecified atom stereocenters. The van der Waals surface area contributed by atoms with Crippen LogP contribution in [-0.4, -0.2) is 21.2 Å². The molecular weight excluding hydrogens is 236 g/mol. The predicted molar refractivity (Wildman–Crippen MR) is 61.7 cm³/mol. The van der Waals surface area contributed by atoms with Gasteiger partial charge in [0.05, 0.1) is 0 Å². The van der Waals surface area contributed by atoms with Crippen LogP contribution >= 0.6 is 0 Å². The molecule has 1 N–H and O–H groups in total. The minimum Gasteiger partial charge on any atom is -0.485 e. The lowest BCUT2D eigenvalue weighted by Crippen LogP contribution is -1.98. The van der Waals surface area contributed by atoms with Crippen molar-refractivity contribution in [3.63, 3.8) is 0 Å². The molecule has 0 aliphatic rings. The second-order valence-electron chi connectivity index (χ2n) is 3.35. The first kappa shape index (κ1) is 11.8. The van der Waals surface area contributed by atoms with E-state index in [-0.39, 0.29) is 6.61 Å². The van der Waals surface area contributed by atoms with Gasteiger partial charge >= 0.3 is 5.97 Å². The fourth-order valence-electron chi connectivity index (χ4n) is 1.31. The van der Waals surface area contributed by atoms with E-state index in [0.717, 1.165) is 6.08 Å². The van der Waals surface area contributed by atoms with E-state index in [1.54, 1.807) is 24.3 Å². The van der Waals surface area contributed by atoms with E-state index in [1.807, 2.05) is 0 Å². The molecule has 2 rings (SSSR count). The number of carboxylic acids is 1. The highest BCUT2D eigenvalue weighted by Gasteiger charge is 2.03. The zero-order chi connectivity index (χ0) is 12.8. The number of para-hydroxylation sites is 1. The zero-order valence-electron chi connectivity index (χ0n) is 9.31. The Morgan fingerprint density at radius 1 is 1.44 bits per heavy atom. The molecule has 18 heavy (non-hydrogen) atoms. The number of hydrogen-bond acceptors (Lipinski definition) is 5. The molecule has 0 spiro atoms. The molecule has 0 atom stereocenters. The summed E-state index contributed by atoms with van der Waals surface area (Å²) in [5, 5.41) is 12.2. The van der Waals surface area contributed by atoms with Gasteiger partial charge < -0.3 is 14.4 Å². The fraction of sp³-hybridized carbons (Fsp3) is 0.0833. The van der Waals surface area contributed by atoms with Gasteiger partial charge in [-0.15, -0.1) is 0 Å². The first-order chi connectivity index (χ1) is 8.75. The Kier molecular flexibility index (Phi) is 3.70. The number of nitrogens with zero attached hydrogens (tertiary/aromatic N) is 2. The summed E-state index contributed by atoms with van der Waals surface area (Å²) < 4.78 is 10.1. The van der Waals surface area contributed by atoms with Gasteiger partial charge in [0.15, 0.2) is 6.61 Å². The quantitative estimate of drug-likeness (QED) is 0.809. The molecule has 1 heterocycles. The maximum Gasteiger partial charge on any atom is 0.328 e. The molecule has 6 nitrogen and oxygen atoms in total. The van der Waals surface area contributed by atoms with Crippen molar-refractivity contribution in [2.24, 2.45) is 0 Å². The number of carboxylic acid groups (broad SMARTS) is 1. The van der Waals surface area contributed by atoms with Gasteiger partial charge in [0.25, 0.3) is 0 Å². The largest absolute Gasteiger partial charge is 0.485 e. The molecule has 0 aliphatic heterocycles. The highest BCUT2D eigenvalue weighted by Crippen LogP contribution is 2.20. The maximum absolute atomic E-state index is 10.5. The lowest BCUT2D eigenvalue weighted by atomic mass is 10.2. The van der Waals surface area contributed by atoms with Crippen LogP contribution in [0, 0.1) is 0 Å². The SMILES string of the molecule is O=C(O)/C=C/c1ccccc1OCc1ncon1. The smallest absolute Gasteiger partial charge is 0.328 e. The fourth-order valence-corrected chi connectivity index (χ4v) is 1.31. The van der Waals surface area contributed by atoms with Crippen LogP contribution in [0.4, 0.5) is 0 Å². The molecule has 1 aromatic carbocycles. The van der Waals surface area contributed by atoms with Crippen molar-refractivity contribution in [3.8, 4) is 5.75 Å². The number of benzene rings is 1. The molecule has 0 bridgehead atoms. The van der Waals surface area contributed by atoms with Gasteiger partial charge in [-0.25, -0.2) is 4.79 Å². The van der Waals surface area contributed by atoms with Crippen molar-refractivity contribution >= 4 is 12.0 Å². The third-order valence-corrected chi connectivity index (χ3v) is 2.09. The Balaban J connectivity index is 2.09. The van der Waals surface area contributed by atoms with Gasteiger partial charge in [0.1, 0.15) is 5.75 Å². The molecule has 1 aromatic heterocycles. The third-order valence-electron chi connectivity index (χ3n) is 2.09. The number of hydrogen-bond donors (Lipinski definition) is 1. The van der Waals surface area contributed by atoms with E-state index in [2.05, 4.69) is 14.7 Å². The minimum atomic E-state index is -1.01. The summed E-state index contributed by atoms with van der Waals surface area (Å²) in [6.07, 6.45) is 3.74. The van der Waals surface area contributed by atoms with Gasteiger partial charge in [-0.05, 0) is 12.1 Å². The zero-order valence-corrected chi connectivity index (χ0v) is 9.31. The van der Waals surface area contributed by atoms with Crippen molar-refractivity contribution in [2.75, 3.05) is 0 Å². The average molecular weight is 246 g/mol. The summed E-state index contributed by atoms with van der Waals surface area (Å²) in [5.41, 5.74) is 0.670. The highest BCUT2D eigenvalue weighted by molar-refractivity contribution is 5.85. The topological polar surface area (TPSA) is 85.5 Å². The van der Waals surface area contributed by atoms with Crippen molar-refractivity contribution in [1.82, 2.24) is 10.1 Å². The highest BCUT2D eigenvalue weighted by atomic mass is 16.5. The van der Waals surface area contributed by atoms with Gasteiger partial charge in [0, 0.05) is 11.6 Å². The van der Waals surface area contributed by atoms with E-state index in [9.17, 15) is 4.79 Å². The second-order valence-corrected chi connectivity index (χ2v) is 3.35. The third kappa shape index (κ3) is 3.18. The van der Waals surface area contributed by atoms with E-state index >= 15 is 0 Å². The van der Waals surface area contributed by atoms with Crippen LogP contribution in [0.2, 0.25) is 0 Å². The van der Waals surface area contributed by atoms with E-state index < -0.39 is 5.97 Å². The summed E-state index contributed by atoms with van der Waals surface area (Å²) in [7, 11) is 0. The van der Waals surface area contributed by atoms with Crippen LogP contribution in [-0.2, 0) is 11.4 Å². The number of aromatic nitrogens is 2. The molecule has 0 fully saturated rings. The lowest BCUT2D eigenvalue weighted by molar-refractivity contribution is -0.131. The second kappa shape index (κ2) is 5.62. The van der Waals surface area contributed by atoms with Crippen molar-refractivity contribution < 1.29 is 19.2 Å². The number of carbonyl (C=O) groups is 1. The Morgan fingerprint density at radius 2 is 2.28 bits per heavy atom. The molecule has 6 heteroatoms. The van der Waals surface area contributed by atoms with Gasteiger partial charge in [-0.2, -0.15) is 4.98 Å². The number of rotatable bonds is 5. The molecule has 0 saturated carbocycles. The van der Waals surface area contributed by atoms with Gasteiger partial charge in [-0.3, -0.25) is 0 Å². The van der Waals surface area contributed by atoms with Crippen LogP contribution in [0.25, 0.3) is 6.08 Å². The minimum absolute atomic E-state index is 0.161. The monoisotopic (exact) mass is 246 g/mol. The van der Waals surface area contributed by atoms with Gasteiger partial charge in [0.2, 0.25) is 12.2 Å². The number of ether oxygens (including phenoxy) is 1. The molecule has 0 aliphatic carbocycles. The standard InChI is InChI=1S/C12H10N2O4/c15-12(16)6-5-9-3-1-2-4-10(9)17-7-11-13-8-18-14-11/h1-6,8H,7H2,(H,15,16)/b6-5+. The van der Waals surface area contributed by atoms with Crippen molar-refractivity contribution in [1.29, 1.82) is 0 Å². The predicted octanol–water partition coefficient (Wildman–Crippen LogP) is 1.75. The summed E-state index contributed by atoms with van der Waals surface area (Å²) in [4.78, 5) is 14.3. The molecule has 2 aromatic rings. The summed E-state index contributed by atoms with van der Waals surface area (Å²) in [5.74, 6) is -0.0326. The Bertz CT molecular complexity index is 549.